The van der Waals surface area contributed by atoms with E-state index < -0.39 is 41.1 Å². The lowest BCUT2D eigenvalue weighted by molar-refractivity contribution is -0.118. The van der Waals surface area contributed by atoms with Gasteiger partial charge in [0, 0.05) is 17.8 Å². The third-order valence-electron chi connectivity index (χ3n) is 5.92. The molecule has 218 valence electrons. The van der Waals surface area contributed by atoms with Gasteiger partial charge in [-0.3, -0.25) is 14.4 Å². The first-order valence-electron chi connectivity index (χ1n) is 12.5. The second kappa shape index (κ2) is 13.5. The molecule has 0 saturated heterocycles. The van der Waals surface area contributed by atoms with Crippen LogP contribution in [0, 0.1) is 11.6 Å². The number of carbonyl (C=O) groups is 3. The number of ether oxygens (including phenoxy) is 1. The van der Waals surface area contributed by atoms with E-state index in [1.807, 2.05) is 0 Å². The number of anilines is 1. The second-order valence-corrected chi connectivity index (χ2v) is 10.0. The number of carboxylic acid groups (broad SMARTS) is 1. The highest BCUT2D eigenvalue weighted by atomic mass is 32.1. The van der Waals surface area contributed by atoms with E-state index in [-0.39, 0.29) is 37.2 Å². The lowest BCUT2D eigenvalue weighted by Gasteiger charge is -2.16. The molecule has 42 heavy (non-hydrogen) atoms. The van der Waals surface area contributed by atoms with Crippen molar-refractivity contribution in [2.45, 2.75) is 32.0 Å². The van der Waals surface area contributed by atoms with E-state index in [1.54, 1.807) is 24.3 Å². The Morgan fingerprint density at radius 1 is 1.17 bits per heavy atom. The number of thiazole rings is 1. The number of fused-ring (bicyclic) bond motifs is 1. The first kappa shape index (κ1) is 29.9. The van der Waals surface area contributed by atoms with E-state index in [4.69, 9.17) is 15.6 Å². The van der Waals surface area contributed by atoms with Crippen LogP contribution in [-0.2, 0) is 22.7 Å². The number of primary amides is 1. The molecule has 0 fully saturated rings. The fourth-order valence-corrected chi connectivity index (χ4v) is 4.98. The average molecular weight is 598 g/mol. The zero-order valence-electron chi connectivity index (χ0n) is 21.9. The van der Waals surface area contributed by atoms with E-state index in [1.165, 1.54) is 40.3 Å². The highest BCUT2D eigenvalue weighted by Gasteiger charge is 2.21. The molecular formula is C28H25F2N5O6S. The molecule has 14 heteroatoms. The standard InChI is InChI=1S/C28H25F2N5O6S/c29-17-11-10-16(18(30)13-17)15-41-22-8-3-6-19-25(22)42-24(32-19)14-35-12-4-7-21(27(35)38)33-26(37)20(34-28(39)40)5-1-2-9-23(31)36/h2-4,6-13,20,34H,1,5,14-15H2,(H2,31,36)(H,33,37)(H,39,40)/b9-2+/t20-/m0/s1. The predicted octanol–water partition coefficient (Wildman–Crippen LogP) is 3.76. The number of amides is 3. The molecule has 1 atom stereocenters. The van der Waals surface area contributed by atoms with Crippen LogP contribution in [0.2, 0.25) is 0 Å². The number of halogens is 2. The molecule has 3 amide bonds. The number of benzene rings is 2. The van der Waals surface area contributed by atoms with Crippen LogP contribution >= 0.6 is 11.3 Å². The van der Waals surface area contributed by atoms with Gasteiger partial charge in [0.25, 0.3) is 5.56 Å². The first-order chi connectivity index (χ1) is 20.1. The number of hydrogen-bond donors (Lipinski definition) is 4. The number of aromatic nitrogens is 2. The second-order valence-electron chi connectivity index (χ2n) is 8.96. The van der Waals surface area contributed by atoms with Crippen LogP contribution in [0.1, 0.15) is 23.4 Å². The number of hydrogen-bond acceptors (Lipinski definition) is 7. The van der Waals surface area contributed by atoms with Gasteiger partial charge >= 0.3 is 6.09 Å². The van der Waals surface area contributed by atoms with Crippen molar-refractivity contribution in [2.24, 2.45) is 5.73 Å². The minimum atomic E-state index is -1.43. The van der Waals surface area contributed by atoms with Gasteiger partial charge in [0.15, 0.2) is 0 Å². The maximum Gasteiger partial charge on any atom is 0.405 e. The molecule has 2 aromatic heterocycles. The van der Waals surface area contributed by atoms with E-state index in [0.29, 0.717) is 21.0 Å². The average Bonchev–Trinajstić information content (AvgIpc) is 3.35. The lowest BCUT2D eigenvalue weighted by Crippen LogP contribution is -2.44. The molecule has 2 heterocycles. The molecule has 4 rings (SSSR count). The Hall–Kier alpha value is -5.11. The van der Waals surface area contributed by atoms with Crippen molar-refractivity contribution in [1.29, 1.82) is 0 Å². The van der Waals surface area contributed by atoms with Crippen molar-refractivity contribution >= 4 is 45.1 Å². The molecule has 0 aliphatic heterocycles. The zero-order valence-corrected chi connectivity index (χ0v) is 22.7. The van der Waals surface area contributed by atoms with Crippen LogP contribution in [0.4, 0.5) is 19.3 Å². The van der Waals surface area contributed by atoms with Gasteiger partial charge in [0.2, 0.25) is 11.8 Å². The normalized spacial score (nSPS) is 11.9. The quantitative estimate of drug-likeness (QED) is 0.181. The number of pyridine rings is 1. The molecule has 5 N–H and O–H groups in total. The Bertz CT molecular complexity index is 1720. The van der Waals surface area contributed by atoms with Crippen LogP contribution in [0.5, 0.6) is 5.75 Å². The Morgan fingerprint density at radius 3 is 2.71 bits per heavy atom. The van der Waals surface area contributed by atoms with Crippen molar-refractivity contribution in [3.05, 3.63) is 99.4 Å². The van der Waals surface area contributed by atoms with Crippen molar-refractivity contribution < 1.29 is 33.0 Å². The Morgan fingerprint density at radius 2 is 1.98 bits per heavy atom. The summed E-state index contributed by atoms with van der Waals surface area (Å²) in [6, 6.07) is 10.1. The van der Waals surface area contributed by atoms with Crippen molar-refractivity contribution in [3.63, 3.8) is 0 Å². The van der Waals surface area contributed by atoms with Crippen LogP contribution in [-0.4, -0.2) is 38.6 Å². The number of carbonyl (C=O) groups excluding carboxylic acids is 2. The molecule has 2 aromatic carbocycles. The van der Waals surface area contributed by atoms with Crippen molar-refractivity contribution in [3.8, 4) is 5.75 Å². The van der Waals surface area contributed by atoms with Gasteiger partial charge in [-0.05, 0) is 55.3 Å². The minimum Gasteiger partial charge on any atom is -0.487 e. The molecule has 0 unspecified atom stereocenters. The predicted molar refractivity (Wildman–Crippen MR) is 151 cm³/mol. The van der Waals surface area contributed by atoms with E-state index >= 15 is 0 Å². The molecule has 0 aliphatic rings. The number of nitrogens with one attached hydrogen (secondary N) is 2. The third kappa shape index (κ3) is 7.75. The van der Waals surface area contributed by atoms with Gasteiger partial charge in [-0.25, -0.2) is 18.6 Å². The SMILES string of the molecule is NC(=O)/C=C/CC[C@H](NC(=O)O)C(=O)Nc1cccn(Cc2nc3cccc(OCc4ccc(F)cc4F)c3s2)c1=O. The van der Waals surface area contributed by atoms with E-state index in [2.05, 4.69) is 15.6 Å². The largest absolute Gasteiger partial charge is 0.487 e. The van der Waals surface area contributed by atoms with Crippen LogP contribution in [0.15, 0.2) is 71.7 Å². The summed E-state index contributed by atoms with van der Waals surface area (Å²) in [4.78, 5) is 52.5. The molecule has 11 nitrogen and oxygen atoms in total. The van der Waals surface area contributed by atoms with Crippen LogP contribution < -0.4 is 26.7 Å². The summed E-state index contributed by atoms with van der Waals surface area (Å²) in [6.45, 7) is -0.0680. The summed E-state index contributed by atoms with van der Waals surface area (Å²) < 4.78 is 35.0. The number of nitrogens with zero attached hydrogens (tertiary/aromatic N) is 2. The van der Waals surface area contributed by atoms with Crippen molar-refractivity contribution in [2.75, 3.05) is 5.32 Å². The van der Waals surface area contributed by atoms with Gasteiger partial charge in [-0.2, -0.15) is 0 Å². The number of rotatable bonds is 12. The summed E-state index contributed by atoms with van der Waals surface area (Å²) in [7, 11) is 0. The van der Waals surface area contributed by atoms with Gasteiger partial charge < -0.3 is 30.8 Å². The van der Waals surface area contributed by atoms with Crippen molar-refractivity contribution in [1.82, 2.24) is 14.9 Å². The number of nitrogens with two attached hydrogens (primary N) is 1. The molecule has 4 aromatic rings. The van der Waals surface area contributed by atoms with Crippen LogP contribution in [0.3, 0.4) is 0 Å². The molecule has 0 aliphatic carbocycles. The van der Waals surface area contributed by atoms with E-state index in [0.717, 1.165) is 18.2 Å². The van der Waals surface area contributed by atoms with E-state index in [9.17, 15) is 28.0 Å². The molecule has 0 spiro atoms. The summed E-state index contributed by atoms with van der Waals surface area (Å²) in [5.41, 5.74) is 5.19. The summed E-state index contributed by atoms with van der Waals surface area (Å²) in [5, 5.41) is 14.2. The monoisotopic (exact) mass is 597 g/mol. The maximum atomic E-state index is 14.0. The summed E-state index contributed by atoms with van der Waals surface area (Å²) in [6.07, 6.45) is 2.81. The van der Waals surface area contributed by atoms with Gasteiger partial charge in [0.05, 0.1) is 16.8 Å². The lowest BCUT2D eigenvalue weighted by atomic mass is 10.1. The van der Waals surface area contributed by atoms with Gasteiger partial charge in [-0.1, -0.05) is 12.1 Å². The maximum absolute atomic E-state index is 14.0. The Balaban J connectivity index is 1.48. The fraction of sp³-hybridized carbons (Fsp3) is 0.179. The van der Waals surface area contributed by atoms with Crippen LogP contribution in [0.25, 0.3) is 10.2 Å². The summed E-state index contributed by atoms with van der Waals surface area (Å²) >= 11 is 1.26. The molecule has 0 bridgehead atoms. The van der Waals surface area contributed by atoms with Gasteiger partial charge in [-0.15, -0.1) is 11.3 Å². The Kier molecular flexibility index (Phi) is 9.60. The molecule has 0 saturated carbocycles. The van der Waals surface area contributed by atoms with Gasteiger partial charge in [0.1, 0.15) is 40.7 Å². The zero-order chi connectivity index (χ0) is 30.2. The summed E-state index contributed by atoms with van der Waals surface area (Å²) in [5.74, 6) is -2.39. The highest BCUT2D eigenvalue weighted by molar-refractivity contribution is 7.19. The number of allylic oxidation sites excluding steroid dienone is 1. The fourth-order valence-electron chi connectivity index (χ4n) is 3.95. The molecular weight excluding hydrogens is 572 g/mol. The Labute approximate surface area is 241 Å². The highest BCUT2D eigenvalue weighted by Crippen LogP contribution is 2.32. The molecule has 0 radical (unpaired) electrons. The topological polar surface area (TPSA) is 166 Å². The smallest absolute Gasteiger partial charge is 0.405 e. The third-order valence-corrected chi connectivity index (χ3v) is 6.99. The first-order valence-corrected chi connectivity index (χ1v) is 13.3. The minimum absolute atomic E-state index is 0.0207.